The van der Waals surface area contributed by atoms with Crippen LogP contribution in [0.5, 0.6) is 0 Å². The van der Waals surface area contributed by atoms with Crippen molar-refractivity contribution in [2.45, 2.75) is 0 Å². The van der Waals surface area contributed by atoms with E-state index in [9.17, 15) is 0 Å². The number of aromatic nitrogens is 2. The number of aryl methyl sites for hydroxylation is 1. The molecule has 1 aromatic heterocycles. The summed E-state index contributed by atoms with van der Waals surface area (Å²) in [5.41, 5.74) is 8.01. The minimum absolute atomic E-state index is 0.418. The molecule has 6 heteroatoms. The maximum Gasteiger partial charge on any atom is 0.175 e. The molecule has 110 valence electrons. The van der Waals surface area contributed by atoms with Crippen molar-refractivity contribution >= 4 is 17.2 Å². The van der Waals surface area contributed by atoms with Crippen LogP contribution in [-0.4, -0.2) is 41.7 Å². The van der Waals surface area contributed by atoms with Crippen molar-refractivity contribution in [2.24, 2.45) is 17.8 Å². The van der Waals surface area contributed by atoms with Crippen molar-refractivity contribution in [3.63, 3.8) is 0 Å². The quantitative estimate of drug-likeness (QED) is 0.681. The Labute approximate surface area is 123 Å². The van der Waals surface area contributed by atoms with Crippen LogP contribution in [0, 0.1) is 0 Å². The van der Waals surface area contributed by atoms with Crippen LogP contribution in [0.15, 0.2) is 41.7 Å². The molecule has 0 amide bonds. The lowest BCUT2D eigenvalue weighted by molar-refractivity contribution is 0.122. The van der Waals surface area contributed by atoms with Crippen LogP contribution in [0.2, 0.25) is 0 Å². The number of hydrogen-bond acceptors (Lipinski definition) is 4. The summed E-state index contributed by atoms with van der Waals surface area (Å²) in [6, 6.07) is 8.08. The lowest BCUT2D eigenvalue weighted by Gasteiger charge is -2.28. The van der Waals surface area contributed by atoms with Gasteiger partial charge >= 0.3 is 0 Å². The van der Waals surface area contributed by atoms with E-state index in [-0.39, 0.29) is 0 Å². The van der Waals surface area contributed by atoms with E-state index < -0.39 is 0 Å². The molecule has 21 heavy (non-hydrogen) atoms. The van der Waals surface area contributed by atoms with E-state index in [0.29, 0.717) is 11.7 Å². The predicted molar refractivity (Wildman–Crippen MR) is 83.1 cm³/mol. The van der Waals surface area contributed by atoms with Gasteiger partial charge in [0.25, 0.3) is 0 Å². The van der Waals surface area contributed by atoms with Crippen molar-refractivity contribution in [1.82, 2.24) is 9.55 Å². The molecule has 2 aromatic rings. The number of nitrogens with two attached hydrogens (primary N) is 1. The number of anilines is 1. The molecular weight excluding hydrogens is 266 g/mol. The van der Waals surface area contributed by atoms with Crippen LogP contribution in [0.3, 0.4) is 0 Å². The highest BCUT2D eigenvalue weighted by molar-refractivity contribution is 5.96. The highest BCUT2D eigenvalue weighted by Crippen LogP contribution is 2.21. The summed E-state index contributed by atoms with van der Waals surface area (Å²) < 4.78 is 7.21. The summed E-state index contributed by atoms with van der Waals surface area (Å²) in [4.78, 5) is 10.9. The third kappa shape index (κ3) is 3.05. The van der Waals surface area contributed by atoms with Crippen molar-refractivity contribution in [3.05, 3.63) is 42.5 Å². The predicted octanol–water partition coefficient (Wildman–Crippen LogP) is 1.29. The summed E-state index contributed by atoms with van der Waals surface area (Å²) in [5, 5.41) is 0. The maximum atomic E-state index is 5.99. The molecule has 0 unspecified atom stereocenters. The minimum atomic E-state index is 0.418. The molecule has 1 fully saturated rings. The molecule has 0 radical (unpaired) electrons. The van der Waals surface area contributed by atoms with Gasteiger partial charge < -0.3 is 19.9 Å². The van der Waals surface area contributed by atoms with E-state index in [4.69, 9.17) is 10.5 Å². The first-order valence-corrected chi connectivity index (χ1v) is 6.98. The van der Waals surface area contributed by atoms with Gasteiger partial charge in [-0.25, -0.2) is 9.98 Å². The van der Waals surface area contributed by atoms with Gasteiger partial charge in [0, 0.05) is 38.2 Å². The van der Waals surface area contributed by atoms with E-state index in [1.165, 1.54) is 5.69 Å². The van der Waals surface area contributed by atoms with Gasteiger partial charge in [-0.05, 0) is 24.3 Å². The second-order valence-electron chi connectivity index (χ2n) is 4.97. The van der Waals surface area contributed by atoms with E-state index in [1.54, 1.807) is 6.20 Å². The Bertz CT molecular complexity index is 626. The minimum Gasteiger partial charge on any atom is -0.381 e. The lowest BCUT2D eigenvalue weighted by atomic mass is 10.2. The van der Waals surface area contributed by atoms with E-state index in [1.807, 2.05) is 29.9 Å². The first-order valence-electron chi connectivity index (χ1n) is 6.98. The van der Waals surface area contributed by atoms with Crippen LogP contribution in [0.4, 0.5) is 11.4 Å². The largest absolute Gasteiger partial charge is 0.381 e. The smallest absolute Gasteiger partial charge is 0.175 e. The number of aliphatic imine (C=N–C) groups is 1. The zero-order valence-electron chi connectivity index (χ0n) is 12.1. The average molecular weight is 285 g/mol. The Morgan fingerprint density at radius 2 is 1.95 bits per heavy atom. The van der Waals surface area contributed by atoms with E-state index in [2.05, 4.69) is 27.0 Å². The highest BCUT2D eigenvalue weighted by Gasteiger charge is 2.11. The molecule has 1 saturated heterocycles. The number of nitrogens with zero attached hydrogens (tertiary/aromatic N) is 4. The number of rotatable bonds is 3. The third-order valence-electron chi connectivity index (χ3n) is 3.53. The SMILES string of the molecule is Cn1ccnc1C(N)=Nc1ccc(N2CCOCC2)cc1. The van der Waals surface area contributed by atoms with Gasteiger partial charge in [0.1, 0.15) is 0 Å². The molecule has 3 rings (SSSR count). The van der Waals surface area contributed by atoms with E-state index >= 15 is 0 Å². The second kappa shape index (κ2) is 5.97. The normalized spacial score (nSPS) is 16.2. The van der Waals surface area contributed by atoms with Gasteiger partial charge in [-0.15, -0.1) is 0 Å². The van der Waals surface area contributed by atoms with Crippen LogP contribution in [-0.2, 0) is 11.8 Å². The molecule has 1 aromatic carbocycles. The monoisotopic (exact) mass is 285 g/mol. The molecule has 2 N–H and O–H groups in total. The molecule has 0 saturated carbocycles. The molecule has 1 aliphatic rings. The first kappa shape index (κ1) is 13.6. The number of morpholine rings is 1. The van der Waals surface area contributed by atoms with Crippen LogP contribution in [0.1, 0.15) is 5.82 Å². The summed E-state index contributed by atoms with van der Waals surface area (Å²) in [7, 11) is 1.90. The lowest BCUT2D eigenvalue weighted by Crippen LogP contribution is -2.36. The summed E-state index contributed by atoms with van der Waals surface area (Å²) in [6.07, 6.45) is 3.55. The number of imidazole rings is 1. The van der Waals surface area contributed by atoms with Gasteiger partial charge in [-0.3, -0.25) is 0 Å². The molecular formula is C15H19N5O. The maximum absolute atomic E-state index is 5.99. The van der Waals surface area contributed by atoms with E-state index in [0.717, 1.165) is 32.0 Å². The second-order valence-corrected chi connectivity index (χ2v) is 4.97. The van der Waals surface area contributed by atoms with Crippen LogP contribution < -0.4 is 10.6 Å². The molecule has 2 heterocycles. The zero-order chi connectivity index (χ0) is 14.7. The Morgan fingerprint density at radius 1 is 1.24 bits per heavy atom. The molecule has 0 aliphatic carbocycles. The summed E-state index contributed by atoms with van der Waals surface area (Å²) >= 11 is 0. The van der Waals surface area contributed by atoms with Crippen molar-refractivity contribution < 1.29 is 4.74 Å². The summed E-state index contributed by atoms with van der Waals surface area (Å²) in [6.45, 7) is 3.42. The zero-order valence-corrected chi connectivity index (χ0v) is 12.1. The molecule has 0 bridgehead atoms. The van der Waals surface area contributed by atoms with Gasteiger partial charge in [-0.2, -0.15) is 0 Å². The third-order valence-corrected chi connectivity index (χ3v) is 3.53. The Kier molecular flexibility index (Phi) is 3.87. The number of ether oxygens (including phenoxy) is 1. The fourth-order valence-electron chi connectivity index (χ4n) is 2.36. The Morgan fingerprint density at radius 3 is 2.57 bits per heavy atom. The Hall–Kier alpha value is -2.34. The standard InChI is InChI=1S/C15H19N5O/c1-19-7-6-17-15(19)14(16)18-12-2-4-13(5-3-12)20-8-10-21-11-9-20/h2-7H,8-11H2,1H3,(H2,16,18). The fourth-order valence-corrected chi connectivity index (χ4v) is 2.36. The van der Waals surface area contributed by atoms with Crippen molar-refractivity contribution in [3.8, 4) is 0 Å². The van der Waals surface area contributed by atoms with Crippen LogP contribution >= 0.6 is 0 Å². The Balaban J connectivity index is 1.76. The highest BCUT2D eigenvalue weighted by atomic mass is 16.5. The first-order chi connectivity index (χ1) is 10.2. The van der Waals surface area contributed by atoms with Crippen LogP contribution in [0.25, 0.3) is 0 Å². The topological polar surface area (TPSA) is 68.7 Å². The number of hydrogen-bond donors (Lipinski definition) is 1. The molecule has 6 nitrogen and oxygen atoms in total. The van der Waals surface area contributed by atoms with Gasteiger partial charge in [0.05, 0.1) is 18.9 Å². The van der Waals surface area contributed by atoms with Crippen molar-refractivity contribution in [1.29, 1.82) is 0 Å². The molecule has 0 spiro atoms. The number of amidine groups is 1. The van der Waals surface area contributed by atoms with Crippen molar-refractivity contribution in [2.75, 3.05) is 31.2 Å². The van der Waals surface area contributed by atoms with Gasteiger partial charge in [0.15, 0.2) is 11.7 Å². The fraction of sp³-hybridized carbons (Fsp3) is 0.333. The van der Waals surface area contributed by atoms with Gasteiger partial charge in [0.2, 0.25) is 0 Å². The summed E-state index contributed by atoms with van der Waals surface area (Å²) in [5.74, 6) is 1.09. The molecule has 1 aliphatic heterocycles. The average Bonchev–Trinajstić information content (AvgIpc) is 2.95. The van der Waals surface area contributed by atoms with Gasteiger partial charge in [-0.1, -0.05) is 0 Å². The molecule has 0 atom stereocenters. The number of benzene rings is 1.